The van der Waals surface area contributed by atoms with Crippen LogP contribution < -0.4 is 5.32 Å². The van der Waals surface area contributed by atoms with E-state index in [0.29, 0.717) is 5.54 Å². The first kappa shape index (κ1) is 11.4. The van der Waals surface area contributed by atoms with Crippen LogP contribution in [-0.2, 0) is 0 Å². The van der Waals surface area contributed by atoms with Crippen LogP contribution in [0.1, 0.15) is 40.0 Å². The second-order valence-electron chi connectivity index (χ2n) is 4.47. The summed E-state index contributed by atoms with van der Waals surface area (Å²) in [4.78, 5) is 0. The van der Waals surface area contributed by atoms with Gasteiger partial charge in [-0.25, -0.2) is 0 Å². The molecular formula is C11H23NS. The molecule has 0 aromatic rings. The predicted octanol–water partition coefficient (Wildman–Crippen LogP) is 2.91. The lowest BCUT2D eigenvalue weighted by Gasteiger charge is -2.26. The topological polar surface area (TPSA) is 12.0 Å². The van der Waals surface area contributed by atoms with Crippen molar-refractivity contribution in [3.05, 3.63) is 0 Å². The summed E-state index contributed by atoms with van der Waals surface area (Å²) in [7, 11) is 0. The zero-order valence-corrected chi connectivity index (χ0v) is 10.0. The zero-order valence-electron chi connectivity index (χ0n) is 9.23. The Kier molecular flexibility index (Phi) is 4.60. The van der Waals surface area contributed by atoms with Crippen LogP contribution in [0.15, 0.2) is 0 Å². The second-order valence-corrected chi connectivity index (χ2v) is 5.87. The van der Waals surface area contributed by atoms with Crippen molar-refractivity contribution in [2.75, 3.05) is 18.1 Å². The molecule has 0 heterocycles. The molecule has 13 heavy (non-hydrogen) atoms. The quantitative estimate of drug-likeness (QED) is 0.636. The minimum Gasteiger partial charge on any atom is -0.311 e. The molecule has 0 aromatic heterocycles. The fourth-order valence-corrected chi connectivity index (χ4v) is 2.32. The van der Waals surface area contributed by atoms with Gasteiger partial charge in [-0.05, 0) is 57.1 Å². The van der Waals surface area contributed by atoms with Crippen LogP contribution in [0.3, 0.4) is 0 Å². The van der Waals surface area contributed by atoms with Crippen molar-refractivity contribution in [2.24, 2.45) is 5.92 Å². The van der Waals surface area contributed by atoms with Crippen LogP contribution in [0, 0.1) is 5.92 Å². The van der Waals surface area contributed by atoms with E-state index in [4.69, 9.17) is 0 Å². The lowest BCUT2D eigenvalue weighted by atomic mass is 9.99. The summed E-state index contributed by atoms with van der Waals surface area (Å²) < 4.78 is 0. The first-order chi connectivity index (χ1) is 6.17. The predicted molar refractivity (Wildman–Crippen MR) is 62.4 cm³/mol. The molecule has 1 fully saturated rings. The van der Waals surface area contributed by atoms with E-state index >= 15 is 0 Å². The second kappa shape index (κ2) is 5.26. The first-order valence-electron chi connectivity index (χ1n) is 5.49. The smallest absolute Gasteiger partial charge is 0.0153 e. The Labute approximate surface area is 87.1 Å². The largest absolute Gasteiger partial charge is 0.311 e. The minimum atomic E-state index is 0.400. The summed E-state index contributed by atoms with van der Waals surface area (Å²) in [5.74, 6) is 3.52. The van der Waals surface area contributed by atoms with Crippen LogP contribution in [0.5, 0.6) is 0 Å². The lowest BCUT2D eigenvalue weighted by molar-refractivity contribution is 0.343. The summed E-state index contributed by atoms with van der Waals surface area (Å²) in [6.07, 6.45) is 4.18. The molecule has 1 rings (SSSR count). The van der Waals surface area contributed by atoms with Crippen LogP contribution in [0.4, 0.5) is 0 Å². The van der Waals surface area contributed by atoms with Crippen LogP contribution in [0.25, 0.3) is 0 Å². The molecule has 1 nitrogen and oxygen atoms in total. The number of hydrogen-bond donors (Lipinski definition) is 1. The Bertz CT molecular complexity index is 141. The monoisotopic (exact) mass is 201 g/mol. The van der Waals surface area contributed by atoms with Crippen LogP contribution in [0.2, 0.25) is 0 Å². The molecular weight excluding hydrogens is 178 g/mol. The summed E-state index contributed by atoms with van der Waals surface area (Å²) >= 11 is 2.04. The average Bonchev–Trinajstić information content (AvgIpc) is 2.86. The molecule has 0 aliphatic heterocycles. The molecule has 0 unspecified atom stereocenters. The van der Waals surface area contributed by atoms with Crippen molar-refractivity contribution in [1.82, 2.24) is 5.32 Å². The van der Waals surface area contributed by atoms with Gasteiger partial charge in [0.2, 0.25) is 0 Å². The van der Waals surface area contributed by atoms with E-state index in [1.54, 1.807) is 0 Å². The third kappa shape index (κ3) is 4.37. The molecule has 2 heteroatoms. The summed E-state index contributed by atoms with van der Waals surface area (Å²) in [6, 6.07) is 0. The number of hydrogen-bond acceptors (Lipinski definition) is 2. The van der Waals surface area contributed by atoms with E-state index in [-0.39, 0.29) is 0 Å². The van der Waals surface area contributed by atoms with Gasteiger partial charge in [-0.3, -0.25) is 0 Å². The highest BCUT2D eigenvalue weighted by atomic mass is 32.2. The van der Waals surface area contributed by atoms with Crippen LogP contribution >= 0.6 is 11.8 Å². The molecule has 1 saturated carbocycles. The van der Waals surface area contributed by atoms with E-state index in [0.717, 1.165) is 5.92 Å². The Balaban J connectivity index is 1.97. The van der Waals surface area contributed by atoms with E-state index < -0.39 is 0 Å². The van der Waals surface area contributed by atoms with Crippen molar-refractivity contribution >= 4 is 11.8 Å². The molecule has 0 bridgehead atoms. The van der Waals surface area contributed by atoms with Crippen LogP contribution in [-0.4, -0.2) is 23.6 Å². The Morgan fingerprint density at radius 3 is 2.62 bits per heavy atom. The maximum Gasteiger partial charge on any atom is 0.0153 e. The highest BCUT2D eigenvalue weighted by molar-refractivity contribution is 7.99. The van der Waals surface area contributed by atoms with Gasteiger partial charge >= 0.3 is 0 Å². The third-order valence-electron chi connectivity index (χ3n) is 2.85. The number of rotatable bonds is 7. The molecule has 0 atom stereocenters. The minimum absolute atomic E-state index is 0.400. The van der Waals surface area contributed by atoms with E-state index in [1.807, 2.05) is 11.8 Å². The van der Waals surface area contributed by atoms with Crippen molar-refractivity contribution < 1.29 is 0 Å². The van der Waals surface area contributed by atoms with E-state index in [9.17, 15) is 0 Å². The van der Waals surface area contributed by atoms with Crippen molar-refractivity contribution in [3.63, 3.8) is 0 Å². The molecule has 1 aliphatic carbocycles. The molecule has 1 aliphatic rings. The Morgan fingerprint density at radius 1 is 1.38 bits per heavy atom. The molecule has 0 amide bonds. The van der Waals surface area contributed by atoms with E-state index in [1.165, 1.54) is 37.3 Å². The maximum atomic E-state index is 3.67. The molecule has 0 spiro atoms. The van der Waals surface area contributed by atoms with Gasteiger partial charge in [0.25, 0.3) is 0 Å². The summed E-state index contributed by atoms with van der Waals surface area (Å²) in [5.41, 5.74) is 0.400. The highest BCUT2D eigenvalue weighted by Gasteiger charge is 2.36. The van der Waals surface area contributed by atoms with Gasteiger partial charge in [-0.1, -0.05) is 6.92 Å². The fourth-order valence-electron chi connectivity index (χ4n) is 1.68. The summed E-state index contributed by atoms with van der Waals surface area (Å²) in [5, 5.41) is 3.67. The number of thioether (sulfide) groups is 1. The SMILES string of the molecule is CCSCCCNC(C)(C)C1CC1. The first-order valence-corrected chi connectivity index (χ1v) is 6.65. The third-order valence-corrected chi connectivity index (χ3v) is 3.83. The van der Waals surface area contributed by atoms with Gasteiger partial charge < -0.3 is 5.32 Å². The summed E-state index contributed by atoms with van der Waals surface area (Å²) in [6.45, 7) is 8.11. The van der Waals surface area contributed by atoms with Crippen molar-refractivity contribution in [2.45, 2.75) is 45.6 Å². The molecule has 0 radical (unpaired) electrons. The van der Waals surface area contributed by atoms with E-state index in [2.05, 4.69) is 26.1 Å². The van der Waals surface area contributed by atoms with Gasteiger partial charge in [0.15, 0.2) is 0 Å². The standard InChI is InChI=1S/C11H23NS/c1-4-13-9-5-8-12-11(2,3)10-6-7-10/h10,12H,4-9H2,1-3H3. The molecule has 0 aromatic carbocycles. The van der Waals surface area contributed by atoms with Gasteiger partial charge in [0.1, 0.15) is 0 Å². The van der Waals surface area contributed by atoms with Gasteiger partial charge in [-0.2, -0.15) is 11.8 Å². The molecule has 0 saturated heterocycles. The fraction of sp³-hybridized carbons (Fsp3) is 1.00. The van der Waals surface area contributed by atoms with Crippen molar-refractivity contribution in [3.8, 4) is 0 Å². The van der Waals surface area contributed by atoms with Gasteiger partial charge in [0.05, 0.1) is 0 Å². The highest BCUT2D eigenvalue weighted by Crippen LogP contribution is 2.39. The Morgan fingerprint density at radius 2 is 2.08 bits per heavy atom. The average molecular weight is 201 g/mol. The Hall–Kier alpha value is 0.310. The van der Waals surface area contributed by atoms with Gasteiger partial charge in [0, 0.05) is 5.54 Å². The zero-order chi connectivity index (χ0) is 9.73. The molecule has 78 valence electrons. The number of nitrogens with one attached hydrogen (secondary N) is 1. The van der Waals surface area contributed by atoms with Crippen molar-refractivity contribution in [1.29, 1.82) is 0 Å². The lowest BCUT2D eigenvalue weighted by Crippen LogP contribution is -2.41. The van der Waals surface area contributed by atoms with Gasteiger partial charge in [-0.15, -0.1) is 0 Å². The maximum absolute atomic E-state index is 3.67. The normalized spacial score (nSPS) is 17.8. The molecule has 1 N–H and O–H groups in total.